The summed E-state index contributed by atoms with van der Waals surface area (Å²) in [6, 6.07) is 16.9. The van der Waals surface area contributed by atoms with E-state index in [1.54, 1.807) is 0 Å². The molecule has 4 N–H and O–H groups in total. The number of nitrogens with zero attached hydrogens (tertiary/aromatic N) is 2. The summed E-state index contributed by atoms with van der Waals surface area (Å²) < 4.78 is 2.11. The number of nitrogens with two attached hydrogens (primary N) is 1. The summed E-state index contributed by atoms with van der Waals surface area (Å²) >= 11 is 0. The molecule has 1 unspecified atom stereocenters. The van der Waals surface area contributed by atoms with Gasteiger partial charge in [0.1, 0.15) is 6.33 Å². The number of hydrogen-bond acceptors (Lipinski definition) is 4. The highest BCUT2D eigenvalue weighted by Gasteiger charge is 2.30. The van der Waals surface area contributed by atoms with Gasteiger partial charge in [0.05, 0.1) is 17.1 Å². The second-order valence-electron chi connectivity index (χ2n) is 7.39. The third-order valence-electron chi connectivity index (χ3n) is 5.51. The fourth-order valence-electron chi connectivity index (χ4n) is 3.87. The van der Waals surface area contributed by atoms with Crippen molar-refractivity contribution in [2.24, 2.45) is 11.7 Å². The number of aliphatic hydroxyl groups excluding tert-OH is 1. The normalized spacial score (nSPS) is 24.2. The Labute approximate surface area is 153 Å². The Bertz CT molecular complexity index is 863. The number of aromatic nitrogens is 2. The third-order valence-corrected chi connectivity index (χ3v) is 5.51. The van der Waals surface area contributed by atoms with Gasteiger partial charge in [-0.2, -0.15) is 0 Å². The molecule has 1 aromatic heterocycles. The van der Waals surface area contributed by atoms with Crippen LogP contribution in [-0.4, -0.2) is 33.3 Å². The van der Waals surface area contributed by atoms with E-state index in [1.807, 2.05) is 24.5 Å². The number of para-hydroxylation sites is 2. The van der Waals surface area contributed by atoms with Gasteiger partial charge >= 0.3 is 0 Å². The van der Waals surface area contributed by atoms with Crippen LogP contribution in [0.5, 0.6) is 0 Å². The van der Waals surface area contributed by atoms with E-state index in [4.69, 9.17) is 5.73 Å². The van der Waals surface area contributed by atoms with E-state index in [9.17, 15) is 5.11 Å². The van der Waals surface area contributed by atoms with Gasteiger partial charge in [0.2, 0.25) is 0 Å². The summed E-state index contributed by atoms with van der Waals surface area (Å²) in [6.45, 7) is 3.06. The molecule has 5 heteroatoms. The van der Waals surface area contributed by atoms with Gasteiger partial charge < -0.3 is 16.2 Å². The first-order valence-corrected chi connectivity index (χ1v) is 9.31. The lowest BCUT2D eigenvalue weighted by Crippen LogP contribution is -2.28. The van der Waals surface area contributed by atoms with Crippen molar-refractivity contribution in [3.05, 3.63) is 60.4 Å². The molecule has 136 valence electrons. The van der Waals surface area contributed by atoms with Gasteiger partial charge in [0.25, 0.3) is 0 Å². The van der Waals surface area contributed by atoms with Gasteiger partial charge in [-0.05, 0) is 62.1 Å². The summed E-state index contributed by atoms with van der Waals surface area (Å²) in [5, 5.41) is 13.4. The van der Waals surface area contributed by atoms with Gasteiger partial charge in [-0.3, -0.25) is 4.57 Å². The summed E-state index contributed by atoms with van der Waals surface area (Å²) in [4.78, 5) is 4.46. The lowest BCUT2D eigenvalue weighted by Gasteiger charge is -2.18. The van der Waals surface area contributed by atoms with Crippen molar-refractivity contribution in [1.29, 1.82) is 0 Å². The van der Waals surface area contributed by atoms with E-state index in [0.29, 0.717) is 5.92 Å². The Morgan fingerprint density at radius 1 is 1.19 bits per heavy atom. The van der Waals surface area contributed by atoms with E-state index in [1.165, 1.54) is 5.56 Å². The average molecular weight is 350 g/mol. The van der Waals surface area contributed by atoms with Crippen molar-refractivity contribution < 1.29 is 5.11 Å². The lowest BCUT2D eigenvalue weighted by atomic mass is 10.0. The van der Waals surface area contributed by atoms with Gasteiger partial charge in [0.15, 0.2) is 0 Å². The topological polar surface area (TPSA) is 76.1 Å². The first kappa shape index (κ1) is 17.2. The highest BCUT2D eigenvalue weighted by molar-refractivity contribution is 5.77. The quantitative estimate of drug-likeness (QED) is 0.661. The molecular formula is C21H26N4O. The highest BCUT2D eigenvalue weighted by Crippen LogP contribution is 2.25. The molecule has 0 bridgehead atoms. The molecule has 1 heterocycles. The average Bonchev–Trinajstić information content (AvgIpc) is 3.23. The number of aliphatic hydroxyl groups is 1. The Kier molecular flexibility index (Phi) is 4.76. The third kappa shape index (κ3) is 3.38. The first-order valence-electron chi connectivity index (χ1n) is 9.31. The fraction of sp³-hybridized carbons (Fsp3) is 0.381. The molecular weight excluding hydrogens is 324 g/mol. The maximum atomic E-state index is 9.79. The maximum Gasteiger partial charge on any atom is 0.100 e. The molecule has 0 spiro atoms. The molecule has 4 rings (SSSR count). The molecule has 1 saturated carbocycles. The molecule has 5 nitrogen and oxygen atoms in total. The van der Waals surface area contributed by atoms with E-state index < -0.39 is 0 Å². The molecule has 1 aliphatic rings. The first-order chi connectivity index (χ1) is 12.6. The van der Waals surface area contributed by atoms with Crippen LogP contribution >= 0.6 is 0 Å². The van der Waals surface area contributed by atoms with E-state index in [2.05, 4.69) is 52.1 Å². The zero-order valence-electron chi connectivity index (χ0n) is 15.0. The summed E-state index contributed by atoms with van der Waals surface area (Å²) in [6.07, 6.45) is 3.22. The van der Waals surface area contributed by atoms with Crippen molar-refractivity contribution in [3.63, 3.8) is 0 Å². The molecule has 0 saturated heterocycles. The van der Waals surface area contributed by atoms with Crippen molar-refractivity contribution in [2.45, 2.75) is 38.0 Å². The van der Waals surface area contributed by atoms with Crippen LogP contribution in [-0.2, 0) is 0 Å². The number of rotatable bonds is 5. The Morgan fingerprint density at radius 3 is 2.69 bits per heavy atom. The molecule has 4 atom stereocenters. The Morgan fingerprint density at radius 2 is 1.96 bits per heavy atom. The van der Waals surface area contributed by atoms with Gasteiger partial charge in [-0.15, -0.1) is 0 Å². The number of hydrogen-bond donors (Lipinski definition) is 3. The van der Waals surface area contributed by atoms with Gasteiger partial charge in [0, 0.05) is 17.8 Å². The van der Waals surface area contributed by atoms with Crippen molar-refractivity contribution in [1.82, 2.24) is 14.9 Å². The summed E-state index contributed by atoms with van der Waals surface area (Å²) in [5.74, 6) is 0.457. The molecule has 0 radical (unpaired) electrons. The molecule has 2 aromatic carbocycles. The van der Waals surface area contributed by atoms with Crippen LogP contribution in [0.15, 0.2) is 54.9 Å². The largest absolute Gasteiger partial charge is 0.392 e. The predicted octanol–water partition coefficient (Wildman–Crippen LogP) is 2.77. The van der Waals surface area contributed by atoms with Crippen LogP contribution in [0, 0.1) is 5.92 Å². The number of imidazole rings is 1. The standard InChI is InChI=1S/C21H26N4O/c1-14(23-12-15-10-18(22)21(26)11-15)16-6-8-17(9-7-16)25-13-24-19-4-2-3-5-20(19)25/h2-9,13-15,18,21,23,26H,10-12,22H2,1H3/t14?,15-,18+,21+/m1/s1. The van der Waals surface area contributed by atoms with E-state index >= 15 is 0 Å². The number of fused-ring (bicyclic) bond motifs is 1. The SMILES string of the molecule is CC(NC[C@@H]1C[C@H](N)[C@@H](O)C1)c1ccc(-n2cnc3ccccc32)cc1. The molecule has 3 aromatic rings. The molecule has 0 aliphatic heterocycles. The smallest absolute Gasteiger partial charge is 0.100 e. The maximum absolute atomic E-state index is 9.79. The molecule has 1 fully saturated rings. The number of nitrogens with one attached hydrogen (secondary N) is 1. The molecule has 26 heavy (non-hydrogen) atoms. The minimum absolute atomic E-state index is 0.0682. The van der Waals surface area contributed by atoms with Crippen LogP contribution in [0.25, 0.3) is 16.7 Å². The van der Waals surface area contributed by atoms with Crippen molar-refractivity contribution >= 4 is 11.0 Å². The zero-order chi connectivity index (χ0) is 18.1. The van der Waals surface area contributed by atoms with Crippen LogP contribution in [0.3, 0.4) is 0 Å². The number of benzene rings is 2. The Hall–Kier alpha value is -2.21. The van der Waals surface area contributed by atoms with Crippen LogP contribution < -0.4 is 11.1 Å². The van der Waals surface area contributed by atoms with E-state index in [-0.39, 0.29) is 18.2 Å². The van der Waals surface area contributed by atoms with E-state index in [0.717, 1.165) is 36.1 Å². The minimum Gasteiger partial charge on any atom is -0.392 e. The van der Waals surface area contributed by atoms with Crippen LogP contribution in [0.1, 0.15) is 31.4 Å². The summed E-state index contributed by atoms with van der Waals surface area (Å²) in [7, 11) is 0. The zero-order valence-corrected chi connectivity index (χ0v) is 15.0. The minimum atomic E-state index is -0.346. The summed E-state index contributed by atoms with van der Waals surface area (Å²) in [5.41, 5.74) is 10.4. The molecule has 1 aliphatic carbocycles. The van der Waals surface area contributed by atoms with Crippen LogP contribution in [0.4, 0.5) is 0 Å². The van der Waals surface area contributed by atoms with Crippen molar-refractivity contribution in [2.75, 3.05) is 6.54 Å². The van der Waals surface area contributed by atoms with Crippen LogP contribution in [0.2, 0.25) is 0 Å². The monoisotopic (exact) mass is 350 g/mol. The van der Waals surface area contributed by atoms with Gasteiger partial charge in [-0.25, -0.2) is 4.98 Å². The highest BCUT2D eigenvalue weighted by atomic mass is 16.3. The van der Waals surface area contributed by atoms with Crippen molar-refractivity contribution in [3.8, 4) is 5.69 Å². The predicted molar refractivity (Wildman–Crippen MR) is 104 cm³/mol. The Balaban J connectivity index is 1.42. The lowest BCUT2D eigenvalue weighted by molar-refractivity contribution is 0.161. The second kappa shape index (κ2) is 7.19. The second-order valence-corrected chi connectivity index (χ2v) is 7.39. The fourth-order valence-corrected chi connectivity index (χ4v) is 3.87. The molecule has 0 amide bonds. The van der Waals surface area contributed by atoms with Gasteiger partial charge in [-0.1, -0.05) is 24.3 Å².